The Morgan fingerprint density at radius 3 is 2.71 bits per heavy atom. The van der Waals surface area contributed by atoms with Crippen LogP contribution in [0, 0.1) is 6.92 Å². The minimum Gasteiger partial charge on any atom is -0.506 e. The van der Waals surface area contributed by atoms with E-state index in [0.29, 0.717) is 34.2 Å². The van der Waals surface area contributed by atoms with Gasteiger partial charge in [0.1, 0.15) is 11.3 Å². The number of hydrogen-bond donors (Lipinski definition) is 2. The molecule has 3 aromatic rings. The number of carbonyl (C=O) groups excluding carboxylic acids is 1. The van der Waals surface area contributed by atoms with Crippen LogP contribution in [0.4, 0.5) is 5.82 Å². The number of fused-ring (bicyclic) bond motifs is 1. The summed E-state index contributed by atoms with van der Waals surface area (Å²) in [4.78, 5) is 12.6. The molecule has 0 aliphatic carbocycles. The van der Waals surface area contributed by atoms with Gasteiger partial charge in [-0.2, -0.15) is 10.2 Å². The third-order valence-electron chi connectivity index (χ3n) is 3.29. The standard InChI is InChI=1S/C13H13IN5O2P.C2H6/c1-7-5-9(20)12-8(6-15-19(12)22-14)11(7)13(21)16-10-3-4-18(2)17-10;1-2/h3-6,20,22H,1-2H3,(H,16,17,21);1-2H3. The van der Waals surface area contributed by atoms with Crippen LogP contribution in [0.1, 0.15) is 29.8 Å². The molecule has 0 saturated heterocycles. The maximum atomic E-state index is 12.6. The van der Waals surface area contributed by atoms with Crippen molar-refractivity contribution in [2.45, 2.75) is 20.8 Å². The Balaban J connectivity index is 0.00000100. The van der Waals surface area contributed by atoms with Crippen LogP contribution in [0.25, 0.3) is 10.9 Å². The van der Waals surface area contributed by atoms with Crippen LogP contribution >= 0.6 is 28.4 Å². The second-order valence-corrected chi connectivity index (χ2v) is 6.86. The van der Waals surface area contributed by atoms with Gasteiger partial charge in [-0.1, -0.05) is 13.8 Å². The van der Waals surface area contributed by atoms with Gasteiger partial charge in [0.2, 0.25) is 0 Å². The van der Waals surface area contributed by atoms with E-state index in [2.05, 4.69) is 37.6 Å². The molecule has 1 unspecified atom stereocenters. The van der Waals surface area contributed by atoms with Crippen LogP contribution in [-0.4, -0.2) is 30.3 Å². The second-order valence-electron chi connectivity index (χ2n) is 4.82. The number of benzene rings is 1. The van der Waals surface area contributed by atoms with Crippen LogP contribution in [0.5, 0.6) is 5.75 Å². The molecule has 0 saturated carbocycles. The highest BCUT2D eigenvalue weighted by molar-refractivity contribution is 14.2. The van der Waals surface area contributed by atoms with Crippen molar-refractivity contribution < 1.29 is 9.90 Å². The van der Waals surface area contributed by atoms with Crippen molar-refractivity contribution >= 4 is 51.0 Å². The largest absolute Gasteiger partial charge is 0.506 e. The number of halogens is 1. The Morgan fingerprint density at radius 2 is 2.12 bits per heavy atom. The summed E-state index contributed by atoms with van der Waals surface area (Å²) in [7, 11) is 1.78. The maximum Gasteiger partial charge on any atom is 0.257 e. The molecule has 1 atom stereocenters. The van der Waals surface area contributed by atoms with Crippen LogP contribution in [0.3, 0.4) is 0 Å². The van der Waals surface area contributed by atoms with E-state index in [0.717, 1.165) is 0 Å². The maximum absolute atomic E-state index is 12.6. The number of anilines is 1. The summed E-state index contributed by atoms with van der Waals surface area (Å²) in [6.45, 7) is 5.79. The second kappa shape index (κ2) is 7.94. The number of amides is 1. The monoisotopic (exact) mass is 459 g/mol. The molecule has 0 aliphatic heterocycles. The highest BCUT2D eigenvalue weighted by atomic mass is 127. The van der Waals surface area contributed by atoms with Crippen LogP contribution in [0.15, 0.2) is 24.5 Å². The molecule has 0 aliphatic rings. The van der Waals surface area contributed by atoms with Crippen LogP contribution < -0.4 is 5.32 Å². The Bertz CT molecular complexity index is 874. The number of nitrogens with zero attached hydrogens (tertiary/aromatic N) is 4. The van der Waals surface area contributed by atoms with E-state index in [1.807, 2.05) is 13.8 Å². The van der Waals surface area contributed by atoms with Gasteiger partial charge in [0.15, 0.2) is 5.82 Å². The molecule has 2 aromatic heterocycles. The van der Waals surface area contributed by atoms with Gasteiger partial charge in [0, 0.05) is 24.7 Å². The molecule has 0 bridgehead atoms. The van der Waals surface area contributed by atoms with E-state index in [1.54, 1.807) is 47.6 Å². The molecule has 2 heterocycles. The summed E-state index contributed by atoms with van der Waals surface area (Å²) in [5.74, 6) is 0.345. The van der Waals surface area contributed by atoms with Gasteiger partial charge in [-0.25, -0.2) is 4.45 Å². The van der Waals surface area contributed by atoms with E-state index in [-0.39, 0.29) is 11.7 Å². The van der Waals surface area contributed by atoms with Gasteiger partial charge < -0.3 is 10.4 Å². The van der Waals surface area contributed by atoms with Crippen molar-refractivity contribution in [2.24, 2.45) is 7.05 Å². The van der Waals surface area contributed by atoms with Gasteiger partial charge in [-0.15, -0.1) is 0 Å². The van der Waals surface area contributed by atoms with E-state index >= 15 is 0 Å². The Hall–Kier alpha value is -1.67. The number of aromatic nitrogens is 4. The molecule has 0 fully saturated rings. The van der Waals surface area contributed by atoms with Crippen molar-refractivity contribution in [3.05, 3.63) is 35.7 Å². The molecule has 24 heavy (non-hydrogen) atoms. The molecular formula is C15H19IN5O2P. The summed E-state index contributed by atoms with van der Waals surface area (Å²) in [5.41, 5.74) is 1.76. The first-order valence-corrected chi connectivity index (χ1v) is 11.5. The van der Waals surface area contributed by atoms with E-state index in [9.17, 15) is 9.90 Å². The third-order valence-corrected chi connectivity index (χ3v) is 5.16. The van der Waals surface area contributed by atoms with Crippen molar-refractivity contribution in [3.8, 4) is 5.75 Å². The zero-order chi connectivity index (χ0) is 17.9. The number of aryl methyl sites for hydroxylation is 2. The highest BCUT2D eigenvalue weighted by Crippen LogP contribution is 2.36. The Labute approximate surface area is 154 Å². The Morgan fingerprint density at radius 1 is 1.42 bits per heavy atom. The lowest BCUT2D eigenvalue weighted by Gasteiger charge is -2.09. The first-order chi connectivity index (χ1) is 11.5. The lowest BCUT2D eigenvalue weighted by atomic mass is 10.0. The van der Waals surface area contributed by atoms with Gasteiger partial charge in [-0.05, 0) is 40.6 Å². The van der Waals surface area contributed by atoms with E-state index in [4.69, 9.17) is 0 Å². The fraction of sp³-hybridized carbons (Fsp3) is 0.267. The highest BCUT2D eigenvalue weighted by Gasteiger charge is 2.20. The smallest absolute Gasteiger partial charge is 0.257 e. The molecule has 3 rings (SSSR count). The van der Waals surface area contributed by atoms with Crippen molar-refractivity contribution in [1.82, 2.24) is 19.3 Å². The van der Waals surface area contributed by atoms with Crippen molar-refractivity contribution in [2.75, 3.05) is 5.32 Å². The summed E-state index contributed by atoms with van der Waals surface area (Å²) in [6, 6.07) is 3.31. The summed E-state index contributed by atoms with van der Waals surface area (Å²) in [5, 5.41) is 21.9. The lowest BCUT2D eigenvalue weighted by Crippen LogP contribution is -2.14. The first-order valence-electron chi connectivity index (χ1n) is 7.39. The third kappa shape index (κ3) is 3.54. The molecule has 7 nitrogen and oxygen atoms in total. The molecule has 1 amide bonds. The lowest BCUT2D eigenvalue weighted by molar-refractivity contribution is 0.102. The quantitative estimate of drug-likeness (QED) is 0.461. The molecule has 2 N–H and O–H groups in total. The summed E-state index contributed by atoms with van der Waals surface area (Å²) >= 11 is 2.18. The zero-order valence-electron chi connectivity index (χ0n) is 13.8. The number of carbonyl (C=O) groups is 1. The average molecular weight is 459 g/mol. The van der Waals surface area contributed by atoms with Gasteiger partial charge in [0.25, 0.3) is 5.91 Å². The van der Waals surface area contributed by atoms with Crippen LogP contribution in [0.2, 0.25) is 0 Å². The predicted molar refractivity (Wildman–Crippen MR) is 106 cm³/mol. The number of phenols is 1. The van der Waals surface area contributed by atoms with Crippen LogP contribution in [-0.2, 0) is 7.05 Å². The molecule has 1 aromatic carbocycles. The Kier molecular flexibility index (Phi) is 6.17. The minimum absolute atomic E-state index is 0.128. The summed E-state index contributed by atoms with van der Waals surface area (Å²) < 4.78 is 3.30. The number of aromatic hydroxyl groups is 1. The van der Waals surface area contributed by atoms with Crippen molar-refractivity contribution in [1.29, 1.82) is 0 Å². The minimum atomic E-state index is -0.266. The zero-order valence-corrected chi connectivity index (χ0v) is 17.0. The van der Waals surface area contributed by atoms with Gasteiger partial charge in [-0.3, -0.25) is 9.48 Å². The average Bonchev–Trinajstić information content (AvgIpc) is 3.15. The predicted octanol–water partition coefficient (Wildman–Crippen LogP) is 3.85. The number of nitrogens with one attached hydrogen (secondary N) is 1. The number of hydrogen-bond acceptors (Lipinski definition) is 4. The SMILES string of the molecule is CC.Cc1cc(O)c2c(cnn2PI)c1C(=O)Nc1ccn(C)n1. The van der Waals surface area contributed by atoms with Crippen molar-refractivity contribution in [3.63, 3.8) is 0 Å². The summed E-state index contributed by atoms with van der Waals surface area (Å²) in [6.07, 6.45) is 3.70. The number of rotatable bonds is 3. The molecular weight excluding hydrogens is 440 g/mol. The fourth-order valence-corrected chi connectivity index (χ4v) is 3.88. The first kappa shape index (κ1) is 18.7. The van der Waals surface area contributed by atoms with Gasteiger partial charge in [0.05, 0.1) is 18.1 Å². The van der Waals surface area contributed by atoms with E-state index in [1.165, 1.54) is 0 Å². The molecule has 128 valence electrons. The normalized spacial score (nSPS) is 10.9. The topological polar surface area (TPSA) is 85.0 Å². The van der Waals surface area contributed by atoms with E-state index < -0.39 is 0 Å². The molecule has 0 radical (unpaired) electrons. The van der Waals surface area contributed by atoms with Gasteiger partial charge >= 0.3 is 0 Å². The molecule has 0 spiro atoms. The number of phenolic OH excluding ortho intramolecular Hbond substituents is 1. The fourth-order valence-electron chi connectivity index (χ4n) is 2.36. The molecule has 9 heteroatoms.